The molecule has 0 spiro atoms. The number of ether oxygens (including phenoxy) is 4. The molecule has 2 aliphatic heterocycles. The molecule has 6 nitrogen and oxygen atoms in total. The lowest BCUT2D eigenvalue weighted by Gasteiger charge is -2.05. The second kappa shape index (κ2) is 8.29. The van der Waals surface area contributed by atoms with Crippen LogP contribution < -0.4 is 30.4 Å². The highest BCUT2D eigenvalue weighted by molar-refractivity contribution is 5.45. The van der Waals surface area contributed by atoms with Crippen LogP contribution in [0.15, 0.2) is 36.4 Å². The van der Waals surface area contributed by atoms with E-state index in [0.717, 1.165) is 35.8 Å². The van der Waals surface area contributed by atoms with Crippen molar-refractivity contribution >= 4 is 0 Å². The van der Waals surface area contributed by atoms with E-state index < -0.39 is 0 Å². The van der Waals surface area contributed by atoms with Gasteiger partial charge in [-0.25, -0.2) is 0 Å². The summed E-state index contributed by atoms with van der Waals surface area (Å²) < 4.78 is 20.9. The van der Waals surface area contributed by atoms with Crippen molar-refractivity contribution in [2.24, 2.45) is 11.5 Å². The van der Waals surface area contributed by atoms with Gasteiger partial charge in [-0.1, -0.05) is 12.1 Å². The molecule has 0 saturated heterocycles. The molecule has 0 fully saturated rings. The number of fused-ring (bicyclic) bond motifs is 2. The van der Waals surface area contributed by atoms with E-state index >= 15 is 0 Å². The Balaban J connectivity index is 0.000000151. The standard InChI is InChI=1S/2C10H13NO2/c2*1-7(11)4-8-2-3-9-10(5-8)13-6-12-9/h2*2-3,5,7H,4,6,11H2,1H3. The highest BCUT2D eigenvalue weighted by Crippen LogP contribution is 2.33. The van der Waals surface area contributed by atoms with E-state index in [1.165, 1.54) is 11.1 Å². The first-order valence-corrected chi connectivity index (χ1v) is 8.79. The summed E-state index contributed by atoms with van der Waals surface area (Å²) in [6.07, 6.45) is 1.74. The molecule has 2 aromatic carbocycles. The summed E-state index contributed by atoms with van der Waals surface area (Å²) in [6.45, 7) is 4.64. The fourth-order valence-corrected chi connectivity index (χ4v) is 2.88. The summed E-state index contributed by atoms with van der Waals surface area (Å²) >= 11 is 0. The van der Waals surface area contributed by atoms with Gasteiger partial charge < -0.3 is 30.4 Å². The molecular formula is C20H26N2O4. The molecular weight excluding hydrogens is 332 g/mol. The molecule has 140 valence electrons. The molecule has 4 N–H and O–H groups in total. The minimum absolute atomic E-state index is 0.181. The number of rotatable bonds is 4. The van der Waals surface area contributed by atoms with Crippen LogP contribution in [0.1, 0.15) is 25.0 Å². The van der Waals surface area contributed by atoms with Crippen LogP contribution >= 0.6 is 0 Å². The minimum atomic E-state index is 0.181. The quantitative estimate of drug-likeness (QED) is 0.873. The number of benzene rings is 2. The zero-order valence-electron chi connectivity index (χ0n) is 15.2. The Morgan fingerprint density at radius 1 is 0.692 bits per heavy atom. The molecule has 4 rings (SSSR count). The molecule has 2 unspecified atom stereocenters. The topological polar surface area (TPSA) is 89.0 Å². The zero-order valence-corrected chi connectivity index (χ0v) is 15.2. The summed E-state index contributed by atoms with van der Waals surface area (Å²) in [6, 6.07) is 12.3. The Morgan fingerprint density at radius 2 is 1.08 bits per heavy atom. The monoisotopic (exact) mass is 358 g/mol. The van der Waals surface area contributed by atoms with E-state index in [-0.39, 0.29) is 12.1 Å². The van der Waals surface area contributed by atoms with Gasteiger partial charge in [0, 0.05) is 12.1 Å². The molecule has 0 radical (unpaired) electrons. The number of hydrogen-bond donors (Lipinski definition) is 2. The van der Waals surface area contributed by atoms with Gasteiger partial charge in [0.1, 0.15) is 0 Å². The summed E-state index contributed by atoms with van der Waals surface area (Å²) in [5.41, 5.74) is 13.8. The molecule has 2 aliphatic rings. The van der Waals surface area contributed by atoms with Gasteiger partial charge in [0.15, 0.2) is 23.0 Å². The zero-order chi connectivity index (χ0) is 18.5. The van der Waals surface area contributed by atoms with Crippen molar-refractivity contribution in [3.05, 3.63) is 47.5 Å². The fraction of sp³-hybridized carbons (Fsp3) is 0.400. The highest BCUT2D eigenvalue weighted by Gasteiger charge is 2.14. The molecule has 6 heteroatoms. The smallest absolute Gasteiger partial charge is 0.231 e. The molecule has 2 heterocycles. The second-order valence-electron chi connectivity index (χ2n) is 6.74. The molecule has 0 aromatic heterocycles. The highest BCUT2D eigenvalue weighted by atomic mass is 16.7. The summed E-state index contributed by atoms with van der Waals surface area (Å²) in [5, 5.41) is 0. The van der Waals surface area contributed by atoms with Crippen molar-refractivity contribution in [1.29, 1.82) is 0 Å². The van der Waals surface area contributed by atoms with Gasteiger partial charge in [0.25, 0.3) is 0 Å². The van der Waals surface area contributed by atoms with E-state index in [1.807, 2.05) is 50.2 Å². The maximum atomic E-state index is 5.70. The van der Waals surface area contributed by atoms with Crippen molar-refractivity contribution in [3.8, 4) is 23.0 Å². The van der Waals surface area contributed by atoms with Gasteiger partial charge in [0.2, 0.25) is 13.6 Å². The summed E-state index contributed by atoms with van der Waals surface area (Å²) in [4.78, 5) is 0. The molecule has 0 aliphatic carbocycles. The van der Waals surface area contributed by atoms with Gasteiger partial charge in [-0.05, 0) is 62.1 Å². The predicted molar refractivity (Wildman–Crippen MR) is 99.8 cm³/mol. The van der Waals surface area contributed by atoms with Crippen molar-refractivity contribution in [2.75, 3.05) is 13.6 Å². The van der Waals surface area contributed by atoms with Crippen LogP contribution in [0.3, 0.4) is 0 Å². The number of nitrogens with two attached hydrogens (primary N) is 2. The van der Waals surface area contributed by atoms with Crippen LogP contribution in [-0.2, 0) is 12.8 Å². The van der Waals surface area contributed by atoms with Gasteiger partial charge in [-0.15, -0.1) is 0 Å². The van der Waals surface area contributed by atoms with Gasteiger partial charge in [0.05, 0.1) is 0 Å². The normalized spacial score (nSPS) is 15.8. The van der Waals surface area contributed by atoms with Gasteiger partial charge in [-0.3, -0.25) is 0 Å². The maximum absolute atomic E-state index is 5.70. The Labute approximate surface area is 154 Å². The Hall–Kier alpha value is -2.44. The third-order valence-electron chi connectivity index (χ3n) is 3.99. The maximum Gasteiger partial charge on any atom is 0.231 e. The lowest BCUT2D eigenvalue weighted by Crippen LogP contribution is -2.17. The van der Waals surface area contributed by atoms with Crippen LogP contribution in [-0.4, -0.2) is 25.7 Å². The van der Waals surface area contributed by atoms with Gasteiger partial charge in [-0.2, -0.15) is 0 Å². The van der Waals surface area contributed by atoms with Crippen LogP contribution in [0, 0.1) is 0 Å². The number of hydrogen-bond acceptors (Lipinski definition) is 6. The molecule has 2 atom stereocenters. The van der Waals surface area contributed by atoms with Crippen LogP contribution in [0.5, 0.6) is 23.0 Å². The van der Waals surface area contributed by atoms with Crippen molar-refractivity contribution in [2.45, 2.75) is 38.8 Å². The van der Waals surface area contributed by atoms with Gasteiger partial charge >= 0.3 is 0 Å². The van der Waals surface area contributed by atoms with Crippen LogP contribution in [0.2, 0.25) is 0 Å². The first kappa shape index (κ1) is 18.4. The second-order valence-corrected chi connectivity index (χ2v) is 6.74. The SMILES string of the molecule is CC(N)Cc1ccc2c(c1)OCO2.CC(N)Cc1ccc2c(c1)OCO2. The lowest BCUT2D eigenvalue weighted by atomic mass is 10.1. The third kappa shape index (κ3) is 4.80. The molecule has 0 saturated carbocycles. The van der Waals surface area contributed by atoms with E-state index in [1.54, 1.807) is 0 Å². The molecule has 2 aromatic rings. The first-order valence-electron chi connectivity index (χ1n) is 8.79. The van der Waals surface area contributed by atoms with E-state index in [0.29, 0.717) is 13.6 Å². The summed E-state index contributed by atoms with van der Waals surface area (Å²) in [5.74, 6) is 3.32. The molecule has 26 heavy (non-hydrogen) atoms. The molecule has 0 bridgehead atoms. The minimum Gasteiger partial charge on any atom is -0.454 e. The van der Waals surface area contributed by atoms with Crippen molar-refractivity contribution in [1.82, 2.24) is 0 Å². The predicted octanol–water partition coefficient (Wildman–Crippen LogP) is 2.61. The molecule has 0 amide bonds. The van der Waals surface area contributed by atoms with Crippen molar-refractivity contribution in [3.63, 3.8) is 0 Å². The van der Waals surface area contributed by atoms with Crippen molar-refractivity contribution < 1.29 is 18.9 Å². The first-order chi connectivity index (χ1) is 12.5. The summed E-state index contributed by atoms with van der Waals surface area (Å²) in [7, 11) is 0. The van der Waals surface area contributed by atoms with E-state index in [4.69, 9.17) is 30.4 Å². The van der Waals surface area contributed by atoms with Crippen LogP contribution in [0.4, 0.5) is 0 Å². The lowest BCUT2D eigenvalue weighted by molar-refractivity contribution is 0.173. The van der Waals surface area contributed by atoms with Crippen LogP contribution in [0.25, 0.3) is 0 Å². The Kier molecular flexibility index (Phi) is 5.85. The average Bonchev–Trinajstić information content (AvgIpc) is 3.22. The largest absolute Gasteiger partial charge is 0.454 e. The fourth-order valence-electron chi connectivity index (χ4n) is 2.88. The Morgan fingerprint density at radius 3 is 1.46 bits per heavy atom. The third-order valence-corrected chi connectivity index (χ3v) is 3.99. The van der Waals surface area contributed by atoms with E-state index in [9.17, 15) is 0 Å². The average molecular weight is 358 g/mol. The van der Waals surface area contributed by atoms with E-state index in [2.05, 4.69) is 0 Å². The Bertz CT molecular complexity index is 683.